The van der Waals surface area contributed by atoms with Gasteiger partial charge >= 0.3 is 0 Å². The lowest BCUT2D eigenvalue weighted by molar-refractivity contribution is -0.141. The monoisotopic (exact) mass is 198 g/mol. The average Bonchev–Trinajstić information content (AvgIpc) is 2.54. The van der Waals surface area contributed by atoms with Gasteiger partial charge in [0.1, 0.15) is 0 Å². The number of nitrogens with zero attached hydrogens (tertiary/aromatic N) is 1. The molecule has 2 aliphatic heterocycles. The van der Waals surface area contributed by atoms with Gasteiger partial charge in [-0.15, -0.1) is 0 Å². The maximum absolute atomic E-state index is 11.9. The molecule has 0 aliphatic carbocycles. The Morgan fingerprint density at radius 3 is 2.93 bits per heavy atom. The Balaban J connectivity index is 2.17. The van der Waals surface area contributed by atoms with Gasteiger partial charge in [-0.25, -0.2) is 0 Å². The summed E-state index contributed by atoms with van der Waals surface area (Å²) in [5.41, 5.74) is 5.80. The van der Waals surface area contributed by atoms with Gasteiger partial charge in [-0.05, 0) is 26.2 Å². The smallest absolute Gasteiger partial charge is 0.240 e. The summed E-state index contributed by atoms with van der Waals surface area (Å²) in [5.74, 6) is -0.000602. The molecule has 0 aromatic heterocycles. The van der Waals surface area contributed by atoms with Crippen molar-refractivity contribution in [3.05, 3.63) is 0 Å². The van der Waals surface area contributed by atoms with E-state index < -0.39 is 6.04 Å². The molecule has 0 aromatic carbocycles. The largest absolute Gasteiger partial charge is 0.396 e. The fourth-order valence-corrected chi connectivity index (χ4v) is 2.76. The highest BCUT2D eigenvalue weighted by atomic mass is 16.3. The van der Waals surface area contributed by atoms with Gasteiger partial charge in [-0.2, -0.15) is 0 Å². The van der Waals surface area contributed by atoms with Crippen LogP contribution in [-0.2, 0) is 4.79 Å². The van der Waals surface area contributed by atoms with Crippen LogP contribution in [0.25, 0.3) is 0 Å². The zero-order valence-electron chi connectivity index (χ0n) is 8.52. The minimum absolute atomic E-state index is 0.0327. The van der Waals surface area contributed by atoms with Crippen molar-refractivity contribution < 1.29 is 9.90 Å². The molecule has 0 radical (unpaired) electrons. The molecule has 0 spiro atoms. The van der Waals surface area contributed by atoms with Gasteiger partial charge in [-0.3, -0.25) is 4.79 Å². The Labute approximate surface area is 84.1 Å². The number of hydrogen-bond donors (Lipinski definition) is 2. The Kier molecular flexibility index (Phi) is 2.49. The summed E-state index contributed by atoms with van der Waals surface area (Å²) in [6.07, 6.45) is 3.01. The predicted molar refractivity (Wildman–Crippen MR) is 52.5 cm³/mol. The van der Waals surface area contributed by atoms with Crippen LogP contribution in [0.3, 0.4) is 0 Å². The second-order valence-corrected chi connectivity index (χ2v) is 4.53. The van der Waals surface area contributed by atoms with Crippen LogP contribution in [0.15, 0.2) is 0 Å². The lowest BCUT2D eigenvalue weighted by Crippen LogP contribution is -2.57. The Morgan fingerprint density at radius 2 is 2.29 bits per heavy atom. The van der Waals surface area contributed by atoms with Gasteiger partial charge in [0.05, 0.1) is 6.04 Å². The van der Waals surface area contributed by atoms with E-state index in [1.807, 2.05) is 4.90 Å². The molecule has 0 bridgehead atoms. The molecular formula is C10H18N2O2. The fourth-order valence-electron chi connectivity index (χ4n) is 2.76. The van der Waals surface area contributed by atoms with E-state index in [1.165, 1.54) is 0 Å². The minimum Gasteiger partial charge on any atom is -0.396 e. The highest BCUT2D eigenvalue weighted by molar-refractivity contribution is 5.83. The second kappa shape index (κ2) is 3.51. The van der Waals surface area contributed by atoms with Crippen LogP contribution in [0.5, 0.6) is 0 Å². The first kappa shape index (κ1) is 9.93. The molecule has 2 rings (SSSR count). The van der Waals surface area contributed by atoms with Crippen molar-refractivity contribution in [1.29, 1.82) is 0 Å². The quantitative estimate of drug-likeness (QED) is 0.608. The SMILES string of the molecule is C[C@@H]1CCC2C[C@@H](CO)C(N)C(=O)N21. The van der Waals surface area contributed by atoms with Gasteiger partial charge in [-0.1, -0.05) is 0 Å². The van der Waals surface area contributed by atoms with Crippen LogP contribution >= 0.6 is 0 Å². The molecule has 2 saturated heterocycles. The molecule has 4 atom stereocenters. The van der Waals surface area contributed by atoms with E-state index in [1.54, 1.807) is 0 Å². The molecular weight excluding hydrogens is 180 g/mol. The molecule has 0 aromatic rings. The standard InChI is InChI=1S/C10H18N2O2/c1-6-2-3-8-4-7(5-13)9(11)10(14)12(6)8/h6-9,13H,2-5,11H2,1H3/t6-,7+,8?,9?/m1/s1. The van der Waals surface area contributed by atoms with E-state index in [2.05, 4.69) is 6.92 Å². The second-order valence-electron chi connectivity index (χ2n) is 4.53. The number of rotatable bonds is 1. The molecule has 14 heavy (non-hydrogen) atoms. The third kappa shape index (κ3) is 1.33. The fraction of sp³-hybridized carbons (Fsp3) is 0.900. The molecule has 2 heterocycles. The maximum atomic E-state index is 11.9. The summed E-state index contributed by atoms with van der Waals surface area (Å²) in [4.78, 5) is 13.8. The normalized spacial score (nSPS) is 42.8. The van der Waals surface area contributed by atoms with E-state index in [9.17, 15) is 4.79 Å². The molecule has 3 N–H and O–H groups in total. The van der Waals surface area contributed by atoms with Crippen LogP contribution in [0, 0.1) is 5.92 Å². The number of carbonyl (C=O) groups is 1. The minimum atomic E-state index is -0.489. The van der Waals surface area contributed by atoms with E-state index in [-0.39, 0.29) is 18.4 Å². The van der Waals surface area contributed by atoms with Crippen molar-refractivity contribution in [2.75, 3.05) is 6.61 Å². The number of piperidine rings is 1. The summed E-state index contributed by atoms with van der Waals surface area (Å²) in [7, 11) is 0. The zero-order valence-corrected chi connectivity index (χ0v) is 8.52. The molecule has 4 heteroatoms. The first-order valence-corrected chi connectivity index (χ1v) is 5.33. The third-order valence-electron chi connectivity index (χ3n) is 3.64. The van der Waals surface area contributed by atoms with Gasteiger partial charge in [0.2, 0.25) is 5.91 Å². The van der Waals surface area contributed by atoms with Crippen molar-refractivity contribution >= 4 is 5.91 Å². The Hall–Kier alpha value is -0.610. The molecule has 4 nitrogen and oxygen atoms in total. The van der Waals surface area contributed by atoms with Crippen molar-refractivity contribution in [3.63, 3.8) is 0 Å². The lowest BCUT2D eigenvalue weighted by Gasteiger charge is -2.39. The van der Waals surface area contributed by atoms with Crippen LogP contribution in [0.2, 0.25) is 0 Å². The number of aliphatic hydroxyl groups excluding tert-OH is 1. The van der Waals surface area contributed by atoms with Gasteiger partial charge in [0, 0.05) is 24.6 Å². The highest BCUT2D eigenvalue weighted by Gasteiger charge is 2.44. The molecule has 1 amide bonds. The summed E-state index contributed by atoms with van der Waals surface area (Å²) in [6.45, 7) is 2.11. The van der Waals surface area contributed by atoms with Crippen LogP contribution in [-0.4, -0.2) is 40.6 Å². The number of aliphatic hydroxyl groups is 1. The van der Waals surface area contributed by atoms with E-state index in [0.717, 1.165) is 19.3 Å². The van der Waals surface area contributed by atoms with E-state index in [4.69, 9.17) is 10.8 Å². The number of amides is 1. The molecule has 2 aliphatic rings. The average molecular weight is 198 g/mol. The number of carbonyl (C=O) groups excluding carboxylic acids is 1. The highest BCUT2D eigenvalue weighted by Crippen LogP contribution is 2.34. The first-order valence-electron chi connectivity index (χ1n) is 5.33. The molecule has 80 valence electrons. The van der Waals surface area contributed by atoms with Crippen molar-refractivity contribution in [2.24, 2.45) is 11.7 Å². The summed E-state index contributed by atoms with van der Waals surface area (Å²) < 4.78 is 0. The van der Waals surface area contributed by atoms with E-state index in [0.29, 0.717) is 12.1 Å². The first-order chi connectivity index (χ1) is 6.65. The summed E-state index contributed by atoms with van der Waals surface area (Å²) in [5, 5.41) is 9.11. The molecule has 2 unspecified atom stereocenters. The summed E-state index contributed by atoms with van der Waals surface area (Å²) in [6, 6.07) is 0.171. The summed E-state index contributed by atoms with van der Waals surface area (Å²) >= 11 is 0. The van der Waals surface area contributed by atoms with Crippen molar-refractivity contribution in [2.45, 2.75) is 44.3 Å². The van der Waals surface area contributed by atoms with E-state index >= 15 is 0 Å². The predicted octanol–water partition coefficient (Wildman–Crippen LogP) is -0.295. The number of hydrogen-bond acceptors (Lipinski definition) is 3. The van der Waals surface area contributed by atoms with Crippen LogP contribution < -0.4 is 5.73 Å². The number of fused-ring (bicyclic) bond motifs is 1. The zero-order chi connectivity index (χ0) is 10.3. The van der Waals surface area contributed by atoms with Crippen molar-refractivity contribution in [3.8, 4) is 0 Å². The molecule has 2 fully saturated rings. The van der Waals surface area contributed by atoms with Gasteiger partial charge < -0.3 is 15.7 Å². The van der Waals surface area contributed by atoms with Crippen LogP contribution in [0.1, 0.15) is 26.2 Å². The molecule has 0 saturated carbocycles. The maximum Gasteiger partial charge on any atom is 0.240 e. The van der Waals surface area contributed by atoms with Gasteiger partial charge in [0.25, 0.3) is 0 Å². The third-order valence-corrected chi connectivity index (χ3v) is 3.64. The van der Waals surface area contributed by atoms with Crippen molar-refractivity contribution in [1.82, 2.24) is 4.90 Å². The number of nitrogens with two attached hydrogens (primary N) is 1. The van der Waals surface area contributed by atoms with Crippen LogP contribution in [0.4, 0.5) is 0 Å². The topological polar surface area (TPSA) is 66.6 Å². The van der Waals surface area contributed by atoms with Gasteiger partial charge in [0.15, 0.2) is 0 Å². The Morgan fingerprint density at radius 1 is 1.57 bits per heavy atom. The lowest BCUT2D eigenvalue weighted by atomic mass is 9.87. The Bertz CT molecular complexity index is 244.